The summed E-state index contributed by atoms with van der Waals surface area (Å²) in [5.74, 6) is -0.0522. The van der Waals surface area contributed by atoms with Gasteiger partial charge in [0, 0.05) is 19.2 Å². The van der Waals surface area contributed by atoms with Gasteiger partial charge in [0.25, 0.3) is 11.6 Å². The summed E-state index contributed by atoms with van der Waals surface area (Å²) in [6.07, 6.45) is 0.995. The topological polar surface area (TPSA) is 103 Å². The largest absolute Gasteiger partial charge is 0.493 e. The molecule has 2 N–H and O–H groups in total. The average Bonchev–Trinajstić information content (AvgIpc) is 2.52. The quantitative estimate of drug-likeness (QED) is 0.405. The summed E-state index contributed by atoms with van der Waals surface area (Å²) in [6.45, 7) is 3.87. The summed E-state index contributed by atoms with van der Waals surface area (Å²) in [7, 11) is 2.78. The standard InChI is InChI=1S/C14H21N3O5/c1-4-5-15-6-7-16-14(18)10-8-12(21-2)13(22-3)9-11(10)17(19)20/h8-9,15H,4-7H2,1-3H3,(H,16,18). The second-order valence-corrected chi connectivity index (χ2v) is 4.49. The first-order valence-electron chi connectivity index (χ1n) is 6.94. The molecule has 0 radical (unpaired) electrons. The van der Waals surface area contributed by atoms with Gasteiger partial charge in [-0.3, -0.25) is 14.9 Å². The second-order valence-electron chi connectivity index (χ2n) is 4.49. The van der Waals surface area contributed by atoms with Crippen LogP contribution in [0.4, 0.5) is 5.69 Å². The summed E-state index contributed by atoms with van der Waals surface area (Å²) in [4.78, 5) is 22.6. The number of rotatable bonds is 9. The molecule has 0 saturated carbocycles. The van der Waals surface area contributed by atoms with E-state index in [0.29, 0.717) is 13.1 Å². The Morgan fingerprint density at radius 1 is 1.18 bits per heavy atom. The van der Waals surface area contributed by atoms with Crippen LogP contribution in [0, 0.1) is 10.1 Å². The number of ether oxygens (including phenoxy) is 2. The molecular formula is C14H21N3O5. The third kappa shape index (κ3) is 4.59. The Kier molecular flexibility index (Phi) is 7.11. The highest BCUT2D eigenvalue weighted by Crippen LogP contribution is 2.34. The number of benzene rings is 1. The van der Waals surface area contributed by atoms with Gasteiger partial charge in [0.05, 0.1) is 25.2 Å². The molecule has 1 amide bonds. The monoisotopic (exact) mass is 311 g/mol. The average molecular weight is 311 g/mol. The summed E-state index contributed by atoms with van der Waals surface area (Å²) in [5.41, 5.74) is -0.380. The van der Waals surface area contributed by atoms with E-state index in [9.17, 15) is 14.9 Å². The molecule has 0 atom stereocenters. The Bertz CT molecular complexity index is 533. The molecular weight excluding hydrogens is 290 g/mol. The summed E-state index contributed by atoms with van der Waals surface area (Å²) >= 11 is 0. The fraction of sp³-hybridized carbons (Fsp3) is 0.500. The number of amides is 1. The Balaban J connectivity index is 2.91. The molecule has 0 aliphatic heterocycles. The molecule has 0 aromatic heterocycles. The Morgan fingerprint density at radius 2 is 1.82 bits per heavy atom. The number of nitrogens with one attached hydrogen (secondary N) is 2. The molecule has 0 bridgehead atoms. The van der Waals surface area contributed by atoms with Gasteiger partial charge in [-0.05, 0) is 13.0 Å². The molecule has 0 aliphatic carbocycles. The van der Waals surface area contributed by atoms with Crippen LogP contribution in [0.15, 0.2) is 12.1 Å². The number of hydrogen-bond donors (Lipinski definition) is 2. The molecule has 1 aromatic rings. The van der Waals surface area contributed by atoms with E-state index < -0.39 is 10.8 Å². The van der Waals surface area contributed by atoms with Crippen molar-refractivity contribution in [3.63, 3.8) is 0 Å². The number of nitro groups is 1. The van der Waals surface area contributed by atoms with Crippen molar-refractivity contribution in [2.45, 2.75) is 13.3 Å². The molecule has 8 nitrogen and oxygen atoms in total. The van der Waals surface area contributed by atoms with E-state index in [4.69, 9.17) is 9.47 Å². The summed E-state index contributed by atoms with van der Waals surface area (Å²) < 4.78 is 10.1. The fourth-order valence-electron chi connectivity index (χ4n) is 1.86. The molecule has 0 unspecified atom stereocenters. The van der Waals surface area contributed by atoms with Gasteiger partial charge in [0.2, 0.25) is 0 Å². The minimum absolute atomic E-state index is 0.0573. The Labute approximate surface area is 128 Å². The van der Waals surface area contributed by atoms with Crippen molar-refractivity contribution in [3.05, 3.63) is 27.8 Å². The van der Waals surface area contributed by atoms with Crippen LogP contribution in [0.1, 0.15) is 23.7 Å². The third-order valence-corrected chi connectivity index (χ3v) is 2.96. The Morgan fingerprint density at radius 3 is 2.36 bits per heavy atom. The molecule has 8 heteroatoms. The zero-order chi connectivity index (χ0) is 16.5. The van der Waals surface area contributed by atoms with Gasteiger partial charge >= 0.3 is 0 Å². The van der Waals surface area contributed by atoms with Crippen LogP contribution in [-0.4, -0.2) is 44.7 Å². The maximum Gasteiger partial charge on any atom is 0.286 e. The van der Waals surface area contributed by atoms with Gasteiger partial charge in [-0.25, -0.2) is 0 Å². The first kappa shape index (κ1) is 17.7. The number of carbonyl (C=O) groups is 1. The zero-order valence-electron chi connectivity index (χ0n) is 13.0. The van der Waals surface area contributed by atoms with Crippen molar-refractivity contribution < 1.29 is 19.2 Å². The first-order chi connectivity index (χ1) is 10.5. The molecule has 1 rings (SSSR count). The van der Waals surface area contributed by atoms with Crippen LogP contribution in [-0.2, 0) is 0 Å². The highest BCUT2D eigenvalue weighted by molar-refractivity contribution is 5.99. The number of carbonyl (C=O) groups excluding carboxylic acids is 1. The van der Waals surface area contributed by atoms with Crippen molar-refractivity contribution >= 4 is 11.6 Å². The lowest BCUT2D eigenvalue weighted by atomic mass is 10.1. The van der Waals surface area contributed by atoms with Crippen molar-refractivity contribution in [2.24, 2.45) is 0 Å². The molecule has 0 saturated heterocycles. The predicted octanol–water partition coefficient (Wildman–Crippen LogP) is 1.34. The van der Waals surface area contributed by atoms with Crippen molar-refractivity contribution in [3.8, 4) is 11.5 Å². The van der Waals surface area contributed by atoms with Gasteiger partial charge < -0.3 is 20.1 Å². The molecule has 0 heterocycles. The second kappa shape index (κ2) is 8.83. The first-order valence-corrected chi connectivity index (χ1v) is 6.94. The smallest absolute Gasteiger partial charge is 0.286 e. The molecule has 122 valence electrons. The normalized spacial score (nSPS) is 10.1. The van der Waals surface area contributed by atoms with Crippen LogP contribution in [0.2, 0.25) is 0 Å². The van der Waals surface area contributed by atoms with Crippen molar-refractivity contribution in [2.75, 3.05) is 33.9 Å². The van der Waals surface area contributed by atoms with E-state index in [0.717, 1.165) is 13.0 Å². The fourth-order valence-corrected chi connectivity index (χ4v) is 1.86. The number of nitro benzene ring substituents is 1. The molecule has 0 fully saturated rings. The van der Waals surface area contributed by atoms with E-state index in [1.807, 2.05) is 6.92 Å². The maximum absolute atomic E-state index is 12.1. The van der Waals surface area contributed by atoms with E-state index in [2.05, 4.69) is 10.6 Å². The van der Waals surface area contributed by atoms with Crippen molar-refractivity contribution in [1.29, 1.82) is 0 Å². The molecule has 1 aromatic carbocycles. The van der Waals surface area contributed by atoms with Crippen LogP contribution >= 0.6 is 0 Å². The number of methoxy groups -OCH3 is 2. The lowest BCUT2D eigenvalue weighted by Crippen LogP contribution is -2.32. The van der Waals surface area contributed by atoms with E-state index in [1.165, 1.54) is 26.4 Å². The van der Waals surface area contributed by atoms with Crippen LogP contribution < -0.4 is 20.1 Å². The van der Waals surface area contributed by atoms with Gasteiger partial charge in [-0.2, -0.15) is 0 Å². The number of nitrogens with zero attached hydrogens (tertiary/aromatic N) is 1. The SMILES string of the molecule is CCCNCCNC(=O)c1cc(OC)c(OC)cc1[N+](=O)[O-]. The number of hydrogen-bond acceptors (Lipinski definition) is 6. The summed E-state index contributed by atoms with van der Waals surface area (Å²) in [6, 6.07) is 2.49. The Hall–Kier alpha value is -2.35. The molecule has 22 heavy (non-hydrogen) atoms. The maximum atomic E-state index is 12.1. The van der Waals surface area contributed by atoms with Gasteiger partial charge in [0.1, 0.15) is 5.56 Å². The van der Waals surface area contributed by atoms with E-state index in [1.54, 1.807) is 0 Å². The zero-order valence-corrected chi connectivity index (χ0v) is 13.0. The van der Waals surface area contributed by atoms with Crippen molar-refractivity contribution in [1.82, 2.24) is 10.6 Å². The lowest BCUT2D eigenvalue weighted by molar-refractivity contribution is -0.385. The van der Waals surface area contributed by atoms with Crippen LogP contribution in [0.3, 0.4) is 0 Å². The highest BCUT2D eigenvalue weighted by Gasteiger charge is 2.24. The minimum atomic E-state index is -0.619. The van der Waals surface area contributed by atoms with Crippen LogP contribution in [0.25, 0.3) is 0 Å². The van der Waals surface area contributed by atoms with Gasteiger partial charge in [-0.15, -0.1) is 0 Å². The lowest BCUT2D eigenvalue weighted by Gasteiger charge is -2.11. The van der Waals surface area contributed by atoms with E-state index in [-0.39, 0.29) is 22.7 Å². The third-order valence-electron chi connectivity index (χ3n) is 2.96. The van der Waals surface area contributed by atoms with Gasteiger partial charge in [-0.1, -0.05) is 6.92 Å². The minimum Gasteiger partial charge on any atom is -0.493 e. The molecule has 0 spiro atoms. The van der Waals surface area contributed by atoms with Crippen LogP contribution in [0.5, 0.6) is 11.5 Å². The van der Waals surface area contributed by atoms with Gasteiger partial charge in [0.15, 0.2) is 11.5 Å². The van der Waals surface area contributed by atoms with E-state index >= 15 is 0 Å². The predicted molar refractivity (Wildman–Crippen MR) is 81.7 cm³/mol. The summed E-state index contributed by atoms with van der Waals surface area (Å²) in [5, 5.41) is 16.9. The highest BCUT2D eigenvalue weighted by atomic mass is 16.6. The molecule has 0 aliphatic rings.